The third kappa shape index (κ3) is 2.76. The van der Waals surface area contributed by atoms with Crippen LogP contribution >= 0.6 is 0 Å². The summed E-state index contributed by atoms with van der Waals surface area (Å²) in [5.41, 5.74) is 0.633. The van der Waals surface area contributed by atoms with Crippen LogP contribution in [0.2, 0.25) is 0 Å². The maximum absolute atomic E-state index is 11.2. The first-order valence-corrected chi connectivity index (χ1v) is 7.78. The Labute approximate surface area is 129 Å². The third-order valence-corrected chi connectivity index (χ3v) is 5.38. The normalized spacial score (nSPS) is 29.8. The second kappa shape index (κ2) is 5.56. The van der Waals surface area contributed by atoms with Gasteiger partial charge in [0.1, 0.15) is 17.5 Å². The number of nitrogens with one attached hydrogen (secondary N) is 1. The SMILES string of the molecule is CC1CC12CCC(CNc1nc(C#N)ncc1C(=O)O)CC2. The van der Waals surface area contributed by atoms with Gasteiger partial charge in [-0.25, -0.2) is 14.8 Å². The first kappa shape index (κ1) is 14.8. The van der Waals surface area contributed by atoms with Crippen LogP contribution in [0.4, 0.5) is 5.82 Å². The van der Waals surface area contributed by atoms with Gasteiger partial charge >= 0.3 is 5.97 Å². The fourth-order valence-electron chi connectivity index (χ4n) is 3.67. The first-order chi connectivity index (χ1) is 10.5. The molecule has 22 heavy (non-hydrogen) atoms. The monoisotopic (exact) mass is 300 g/mol. The van der Waals surface area contributed by atoms with Gasteiger partial charge in [0.2, 0.25) is 5.82 Å². The quantitative estimate of drug-likeness (QED) is 0.887. The highest BCUT2D eigenvalue weighted by atomic mass is 16.4. The van der Waals surface area contributed by atoms with Crippen LogP contribution in [-0.2, 0) is 0 Å². The number of carboxylic acids is 1. The molecule has 116 valence electrons. The Morgan fingerprint density at radius 2 is 2.23 bits per heavy atom. The van der Waals surface area contributed by atoms with Gasteiger partial charge in [-0.3, -0.25) is 0 Å². The van der Waals surface area contributed by atoms with Crippen LogP contribution in [0, 0.1) is 28.6 Å². The molecule has 2 N–H and O–H groups in total. The number of anilines is 1. The van der Waals surface area contributed by atoms with Gasteiger partial charge in [0.15, 0.2) is 0 Å². The molecule has 1 spiro atoms. The lowest BCUT2D eigenvalue weighted by molar-refractivity contribution is 0.0697. The van der Waals surface area contributed by atoms with Crippen LogP contribution in [0.1, 0.15) is 55.2 Å². The smallest absolute Gasteiger partial charge is 0.341 e. The predicted molar refractivity (Wildman–Crippen MR) is 80.4 cm³/mol. The molecule has 0 aliphatic heterocycles. The van der Waals surface area contributed by atoms with Crippen molar-refractivity contribution in [1.82, 2.24) is 9.97 Å². The van der Waals surface area contributed by atoms with Crippen molar-refractivity contribution in [3.63, 3.8) is 0 Å². The number of nitrogens with zero attached hydrogens (tertiary/aromatic N) is 3. The molecule has 1 aromatic heterocycles. The minimum absolute atomic E-state index is 0.0121. The molecule has 2 fully saturated rings. The van der Waals surface area contributed by atoms with Crippen molar-refractivity contribution in [2.45, 2.75) is 39.0 Å². The number of carboxylic acid groups (broad SMARTS) is 1. The van der Waals surface area contributed by atoms with Crippen molar-refractivity contribution in [2.75, 3.05) is 11.9 Å². The molecule has 1 heterocycles. The summed E-state index contributed by atoms with van der Waals surface area (Å²) in [5.74, 6) is 0.572. The van der Waals surface area contributed by atoms with Crippen LogP contribution in [0.5, 0.6) is 0 Å². The summed E-state index contributed by atoms with van der Waals surface area (Å²) < 4.78 is 0. The van der Waals surface area contributed by atoms with E-state index in [2.05, 4.69) is 22.2 Å². The summed E-state index contributed by atoms with van der Waals surface area (Å²) >= 11 is 0. The predicted octanol–water partition coefficient (Wildman–Crippen LogP) is 2.67. The van der Waals surface area contributed by atoms with Crippen molar-refractivity contribution in [3.05, 3.63) is 17.6 Å². The molecule has 0 radical (unpaired) electrons. The highest BCUT2D eigenvalue weighted by molar-refractivity contribution is 5.92. The number of rotatable bonds is 4. The molecule has 1 aromatic rings. The Balaban J connectivity index is 1.62. The Hall–Kier alpha value is -2.16. The Morgan fingerprint density at radius 1 is 1.55 bits per heavy atom. The summed E-state index contributed by atoms with van der Waals surface area (Å²) in [6.45, 7) is 3.04. The summed E-state index contributed by atoms with van der Waals surface area (Å²) in [6.07, 6.45) is 7.47. The lowest BCUT2D eigenvalue weighted by Crippen LogP contribution is -2.24. The molecule has 2 saturated carbocycles. The molecule has 0 aromatic carbocycles. The third-order valence-electron chi connectivity index (χ3n) is 5.38. The Bertz CT molecular complexity index is 630. The van der Waals surface area contributed by atoms with E-state index in [0.29, 0.717) is 17.9 Å². The lowest BCUT2D eigenvalue weighted by Gasteiger charge is -2.29. The van der Waals surface area contributed by atoms with Gasteiger partial charge in [0, 0.05) is 12.7 Å². The van der Waals surface area contributed by atoms with E-state index in [1.54, 1.807) is 0 Å². The molecule has 0 amide bonds. The standard InChI is InChI=1S/C16H20N4O2/c1-10-6-16(10)4-2-11(3-5-16)8-19-14-12(15(21)22)9-18-13(7-17)20-14/h9-11H,2-6,8H2,1H3,(H,21,22)(H,18,19,20). The van der Waals surface area contributed by atoms with Crippen molar-refractivity contribution in [3.8, 4) is 6.07 Å². The van der Waals surface area contributed by atoms with Gasteiger partial charge in [0.05, 0.1) is 0 Å². The summed E-state index contributed by atoms with van der Waals surface area (Å²) in [5, 5.41) is 21.1. The van der Waals surface area contributed by atoms with Crippen LogP contribution < -0.4 is 5.32 Å². The molecule has 6 heteroatoms. The molecule has 1 atom stereocenters. The zero-order chi connectivity index (χ0) is 15.7. The molecule has 2 aliphatic carbocycles. The molecule has 0 saturated heterocycles. The van der Waals surface area contributed by atoms with E-state index in [1.165, 1.54) is 38.3 Å². The minimum atomic E-state index is -1.08. The van der Waals surface area contributed by atoms with E-state index in [9.17, 15) is 4.79 Å². The van der Waals surface area contributed by atoms with Crippen LogP contribution in [-0.4, -0.2) is 27.6 Å². The van der Waals surface area contributed by atoms with Crippen LogP contribution in [0.15, 0.2) is 6.20 Å². The van der Waals surface area contributed by atoms with Gasteiger partial charge in [-0.05, 0) is 49.4 Å². The molecule has 0 bridgehead atoms. The second-order valence-electron chi connectivity index (χ2n) is 6.66. The van der Waals surface area contributed by atoms with E-state index < -0.39 is 5.97 Å². The number of aromatic carboxylic acids is 1. The van der Waals surface area contributed by atoms with Crippen molar-refractivity contribution >= 4 is 11.8 Å². The molecular formula is C16H20N4O2. The van der Waals surface area contributed by atoms with Crippen LogP contribution in [0.3, 0.4) is 0 Å². The highest BCUT2D eigenvalue weighted by Crippen LogP contribution is 2.61. The van der Waals surface area contributed by atoms with Gasteiger partial charge in [0.25, 0.3) is 0 Å². The van der Waals surface area contributed by atoms with Gasteiger partial charge in [-0.2, -0.15) is 5.26 Å². The van der Waals surface area contributed by atoms with Gasteiger partial charge < -0.3 is 10.4 Å². The second-order valence-corrected chi connectivity index (χ2v) is 6.66. The van der Waals surface area contributed by atoms with E-state index in [1.807, 2.05) is 6.07 Å². The number of hydrogen-bond donors (Lipinski definition) is 2. The fraction of sp³-hybridized carbons (Fsp3) is 0.625. The minimum Gasteiger partial charge on any atom is -0.477 e. The maximum Gasteiger partial charge on any atom is 0.341 e. The number of nitriles is 1. The Morgan fingerprint density at radius 3 is 2.77 bits per heavy atom. The van der Waals surface area contributed by atoms with E-state index in [4.69, 9.17) is 10.4 Å². The largest absolute Gasteiger partial charge is 0.477 e. The number of carbonyl (C=O) groups is 1. The number of hydrogen-bond acceptors (Lipinski definition) is 5. The molecule has 1 unspecified atom stereocenters. The zero-order valence-corrected chi connectivity index (χ0v) is 12.7. The highest BCUT2D eigenvalue weighted by Gasteiger charge is 2.51. The first-order valence-electron chi connectivity index (χ1n) is 7.78. The van der Waals surface area contributed by atoms with Crippen molar-refractivity contribution in [1.29, 1.82) is 5.26 Å². The fourth-order valence-corrected chi connectivity index (χ4v) is 3.67. The summed E-state index contributed by atoms with van der Waals surface area (Å²) in [4.78, 5) is 18.9. The van der Waals surface area contributed by atoms with Crippen molar-refractivity contribution in [2.24, 2.45) is 17.3 Å². The molecule has 2 aliphatic rings. The summed E-state index contributed by atoms with van der Waals surface area (Å²) in [7, 11) is 0. The average molecular weight is 300 g/mol. The maximum atomic E-state index is 11.2. The van der Waals surface area contributed by atoms with E-state index >= 15 is 0 Å². The number of aromatic nitrogens is 2. The van der Waals surface area contributed by atoms with Crippen molar-refractivity contribution < 1.29 is 9.90 Å². The molecule has 3 rings (SSSR count). The topological polar surface area (TPSA) is 98.9 Å². The van der Waals surface area contributed by atoms with Gasteiger partial charge in [-0.1, -0.05) is 6.92 Å². The zero-order valence-electron chi connectivity index (χ0n) is 12.7. The summed E-state index contributed by atoms with van der Waals surface area (Å²) in [6, 6.07) is 1.84. The lowest BCUT2D eigenvalue weighted by atomic mass is 9.78. The Kier molecular flexibility index (Phi) is 3.73. The van der Waals surface area contributed by atoms with E-state index in [0.717, 1.165) is 5.92 Å². The average Bonchev–Trinajstić information content (AvgIpc) is 3.15. The van der Waals surface area contributed by atoms with Gasteiger partial charge in [-0.15, -0.1) is 0 Å². The molecular weight excluding hydrogens is 280 g/mol. The molecule has 6 nitrogen and oxygen atoms in total. The van der Waals surface area contributed by atoms with E-state index in [-0.39, 0.29) is 17.2 Å². The van der Waals surface area contributed by atoms with Crippen LogP contribution in [0.25, 0.3) is 0 Å².